The lowest BCUT2D eigenvalue weighted by molar-refractivity contribution is -0.129. The molecule has 1 heterocycles. The minimum Gasteiger partial charge on any atom is -0.347 e. The minimum atomic E-state index is -0.233. The first-order chi connectivity index (χ1) is 10.1. The van der Waals surface area contributed by atoms with Gasteiger partial charge in [0.25, 0.3) is 0 Å². The second kappa shape index (κ2) is 5.45. The first kappa shape index (κ1) is 14.0. The molecule has 2 aromatic rings. The van der Waals surface area contributed by atoms with Crippen LogP contribution in [-0.2, 0) is 4.79 Å². The van der Waals surface area contributed by atoms with Crippen molar-refractivity contribution in [1.29, 1.82) is 0 Å². The molecule has 21 heavy (non-hydrogen) atoms. The van der Waals surface area contributed by atoms with E-state index in [1.807, 2.05) is 31.2 Å². The van der Waals surface area contributed by atoms with Crippen LogP contribution in [0, 0.1) is 0 Å². The Bertz CT molecular complexity index is 638. The molecular weight excluding hydrogens is 280 g/mol. The number of likely N-dealkylation sites (N-methyl/N-ethyl adjacent to an activating group) is 1. The minimum absolute atomic E-state index is 0.103. The third-order valence-corrected chi connectivity index (χ3v) is 4.79. The zero-order valence-corrected chi connectivity index (χ0v) is 13.2. The standard InChI is InChI=1S/C17H18N2OS/c1-12(17(20)18(2)3)19-13-8-4-6-10-15(13)21-16-11-7-5-9-14(16)19/h4-12H,1-3H3. The summed E-state index contributed by atoms with van der Waals surface area (Å²) < 4.78 is 0. The predicted molar refractivity (Wildman–Crippen MR) is 87.3 cm³/mol. The van der Waals surface area contributed by atoms with E-state index in [0.717, 1.165) is 11.4 Å². The van der Waals surface area contributed by atoms with Gasteiger partial charge in [0.05, 0.1) is 11.4 Å². The molecule has 1 unspecified atom stereocenters. The van der Waals surface area contributed by atoms with Gasteiger partial charge in [-0.1, -0.05) is 36.0 Å². The Morgan fingerprint density at radius 2 is 1.48 bits per heavy atom. The summed E-state index contributed by atoms with van der Waals surface area (Å²) in [4.78, 5) is 18.6. The highest BCUT2D eigenvalue weighted by atomic mass is 32.2. The third kappa shape index (κ3) is 2.40. The topological polar surface area (TPSA) is 23.6 Å². The molecule has 0 aliphatic carbocycles. The van der Waals surface area contributed by atoms with Crippen molar-refractivity contribution in [3.05, 3.63) is 48.5 Å². The van der Waals surface area contributed by atoms with Gasteiger partial charge in [-0.05, 0) is 31.2 Å². The molecule has 0 saturated carbocycles. The molecule has 1 amide bonds. The molecule has 3 nitrogen and oxygen atoms in total. The lowest BCUT2D eigenvalue weighted by Crippen LogP contribution is -2.43. The van der Waals surface area contributed by atoms with Gasteiger partial charge in [-0.3, -0.25) is 4.79 Å². The number of benzene rings is 2. The van der Waals surface area contributed by atoms with E-state index in [9.17, 15) is 4.79 Å². The first-order valence-electron chi connectivity index (χ1n) is 6.96. The summed E-state index contributed by atoms with van der Waals surface area (Å²) in [6.45, 7) is 1.96. The Hall–Kier alpha value is -1.94. The smallest absolute Gasteiger partial charge is 0.244 e. The second-order valence-corrected chi connectivity index (χ2v) is 6.40. The van der Waals surface area contributed by atoms with Crippen LogP contribution in [-0.4, -0.2) is 30.9 Å². The van der Waals surface area contributed by atoms with E-state index in [1.165, 1.54) is 9.79 Å². The van der Waals surface area contributed by atoms with Gasteiger partial charge in [0.15, 0.2) is 0 Å². The van der Waals surface area contributed by atoms with Crippen molar-refractivity contribution in [1.82, 2.24) is 4.90 Å². The molecule has 1 aliphatic rings. The van der Waals surface area contributed by atoms with E-state index in [4.69, 9.17) is 0 Å². The molecule has 0 fully saturated rings. The second-order valence-electron chi connectivity index (χ2n) is 5.32. The normalized spacial score (nSPS) is 14.1. The number of nitrogens with zero attached hydrogens (tertiary/aromatic N) is 2. The van der Waals surface area contributed by atoms with E-state index in [2.05, 4.69) is 29.2 Å². The Balaban J connectivity index is 2.13. The molecular formula is C17H18N2OS. The highest BCUT2D eigenvalue weighted by Gasteiger charge is 2.30. The van der Waals surface area contributed by atoms with E-state index in [-0.39, 0.29) is 11.9 Å². The molecule has 0 aromatic heterocycles. The van der Waals surface area contributed by atoms with E-state index >= 15 is 0 Å². The van der Waals surface area contributed by atoms with Crippen LogP contribution in [0.15, 0.2) is 58.3 Å². The van der Waals surface area contributed by atoms with Crippen molar-refractivity contribution in [2.45, 2.75) is 22.8 Å². The summed E-state index contributed by atoms with van der Waals surface area (Å²) in [5.74, 6) is 0.103. The summed E-state index contributed by atoms with van der Waals surface area (Å²) in [6, 6.07) is 16.3. The predicted octanol–water partition coefficient (Wildman–Crippen LogP) is 3.77. The molecule has 0 N–H and O–H groups in total. The average molecular weight is 298 g/mol. The van der Waals surface area contributed by atoms with Gasteiger partial charge >= 0.3 is 0 Å². The van der Waals surface area contributed by atoms with E-state index < -0.39 is 0 Å². The van der Waals surface area contributed by atoms with Gasteiger partial charge in [0, 0.05) is 23.9 Å². The Kier molecular flexibility index (Phi) is 3.64. The number of hydrogen-bond acceptors (Lipinski definition) is 3. The Labute approximate surface area is 129 Å². The maximum absolute atomic E-state index is 12.4. The first-order valence-corrected chi connectivity index (χ1v) is 7.77. The highest BCUT2D eigenvalue weighted by molar-refractivity contribution is 7.99. The molecule has 0 spiro atoms. The lowest BCUT2D eigenvalue weighted by Gasteiger charge is -2.37. The monoisotopic (exact) mass is 298 g/mol. The van der Waals surface area contributed by atoms with Gasteiger partial charge in [-0.2, -0.15) is 0 Å². The molecule has 4 heteroatoms. The lowest BCUT2D eigenvalue weighted by atomic mass is 10.1. The quantitative estimate of drug-likeness (QED) is 0.843. The van der Waals surface area contributed by atoms with Gasteiger partial charge in [0.2, 0.25) is 5.91 Å². The number of carbonyl (C=O) groups excluding carboxylic acids is 1. The van der Waals surface area contributed by atoms with Crippen molar-refractivity contribution >= 4 is 29.0 Å². The number of rotatable bonds is 2. The van der Waals surface area contributed by atoms with Crippen LogP contribution in [0.4, 0.5) is 11.4 Å². The van der Waals surface area contributed by atoms with Crippen LogP contribution in [0.3, 0.4) is 0 Å². The largest absolute Gasteiger partial charge is 0.347 e. The number of anilines is 2. The van der Waals surface area contributed by atoms with E-state index in [1.54, 1.807) is 30.8 Å². The zero-order valence-electron chi connectivity index (χ0n) is 12.4. The average Bonchev–Trinajstić information content (AvgIpc) is 2.51. The fourth-order valence-corrected chi connectivity index (χ4v) is 3.71. The summed E-state index contributed by atoms with van der Waals surface area (Å²) >= 11 is 1.76. The fraction of sp³-hybridized carbons (Fsp3) is 0.235. The molecule has 1 atom stereocenters. The number of carbonyl (C=O) groups is 1. The molecule has 3 rings (SSSR count). The summed E-state index contributed by atoms with van der Waals surface area (Å²) in [7, 11) is 3.60. The number of amides is 1. The van der Waals surface area contributed by atoms with Gasteiger partial charge < -0.3 is 9.80 Å². The summed E-state index contributed by atoms with van der Waals surface area (Å²) in [5.41, 5.74) is 2.20. The van der Waals surface area contributed by atoms with E-state index in [0.29, 0.717) is 0 Å². The van der Waals surface area contributed by atoms with Crippen LogP contribution in [0.25, 0.3) is 0 Å². The van der Waals surface area contributed by atoms with Crippen LogP contribution < -0.4 is 4.90 Å². The van der Waals surface area contributed by atoms with Gasteiger partial charge in [0.1, 0.15) is 6.04 Å². The van der Waals surface area contributed by atoms with Crippen molar-refractivity contribution in [2.75, 3.05) is 19.0 Å². The Morgan fingerprint density at radius 1 is 1.00 bits per heavy atom. The van der Waals surface area contributed by atoms with Crippen LogP contribution in [0.1, 0.15) is 6.92 Å². The highest BCUT2D eigenvalue weighted by Crippen LogP contribution is 2.48. The Morgan fingerprint density at radius 3 is 1.95 bits per heavy atom. The number of fused-ring (bicyclic) bond motifs is 2. The molecule has 0 saturated heterocycles. The molecule has 108 valence electrons. The van der Waals surface area contributed by atoms with Crippen LogP contribution in [0.5, 0.6) is 0 Å². The van der Waals surface area contributed by atoms with Crippen LogP contribution in [0.2, 0.25) is 0 Å². The molecule has 2 aromatic carbocycles. The maximum Gasteiger partial charge on any atom is 0.244 e. The molecule has 1 aliphatic heterocycles. The summed E-state index contributed by atoms with van der Waals surface area (Å²) in [6.07, 6.45) is 0. The number of para-hydroxylation sites is 2. The molecule has 0 radical (unpaired) electrons. The molecule has 0 bridgehead atoms. The van der Waals surface area contributed by atoms with Crippen molar-refractivity contribution < 1.29 is 4.79 Å². The third-order valence-electron chi connectivity index (χ3n) is 3.65. The number of hydrogen-bond donors (Lipinski definition) is 0. The zero-order chi connectivity index (χ0) is 15.0. The maximum atomic E-state index is 12.4. The fourth-order valence-electron chi connectivity index (χ4n) is 2.63. The van der Waals surface area contributed by atoms with Gasteiger partial charge in [-0.25, -0.2) is 0 Å². The SMILES string of the molecule is CC(C(=O)N(C)C)N1c2ccccc2Sc2ccccc21. The van der Waals surface area contributed by atoms with Crippen molar-refractivity contribution in [2.24, 2.45) is 0 Å². The van der Waals surface area contributed by atoms with Crippen molar-refractivity contribution in [3.8, 4) is 0 Å². The van der Waals surface area contributed by atoms with Crippen LogP contribution >= 0.6 is 11.8 Å². The summed E-state index contributed by atoms with van der Waals surface area (Å²) in [5, 5.41) is 0. The van der Waals surface area contributed by atoms with Crippen molar-refractivity contribution in [3.63, 3.8) is 0 Å². The van der Waals surface area contributed by atoms with Gasteiger partial charge in [-0.15, -0.1) is 0 Å².